The monoisotopic (exact) mass is 397 g/mol. The van der Waals surface area contributed by atoms with Crippen molar-refractivity contribution in [2.75, 3.05) is 13.1 Å². The van der Waals surface area contributed by atoms with Crippen LogP contribution in [0.5, 0.6) is 0 Å². The molecular weight excluding hydrogens is 373 g/mol. The van der Waals surface area contributed by atoms with Crippen LogP contribution in [0.25, 0.3) is 5.69 Å². The lowest BCUT2D eigenvalue weighted by molar-refractivity contribution is 0.0903. The molecule has 1 aliphatic heterocycles. The van der Waals surface area contributed by atoms with Crippen LogP contribution in [-0.4, -0.2) is 39.8 Å². The van der Waals surface area contributed by atoms with Crippen LogP contribution in [0.2, 0.25) is 5.02 Å². The number of halogens is 2. The molecule has 1 saturated heterocycles. The average molecular weight is 398 g/mol. The molecule has 26 heavy (non-hydrogen) atoms. The highest BCUT2D eigenvalue weighted by Crippen LogP contribution is 2.21. The lowest BCUT2D eigenvalue weighted by Crippen LogP contribution is -2.48. The molecule has 0 aliphatic carbocycles. The molecule has 6 nitrogen and oxygen atoms in total. The summed E-state index contributed by atoms with van der Waals surface area (Å²) in [4.78, 5) is 17.1. The Bertz CT molecular complexity index is 749. The van der Waals surface area contributed by atoms with Crippen molar-refractivity contribution in [2.45, 2.75) is 39.2 Å². The molecule has 1 amide bonds. The second-order valence-electron chi connectivity index (χ2n) is 6.51. The van der Waals surface area contributed by atoms with Gasteiger partial charge < -0.3 is 10.6 Å². The fourth-order valence-corrected chi connectivity index (χ4v) is 3.32. The normalized spacial score (nSPS) is 19.7. The van der Waals surface area contributed by atoms with Crippen LogP contribution < -0.4 is 10.6 Å². The maximum Gasteiger partial charge on any atom is 0.291 e. The Balaban J connectivity index is 0.00000243. The van der Waals surface area contributed by atoms with Crippen LogP contribution in [0.3, 0.4) is 0 Å². The van der Waals surface area contributed by atoms with Gasteiger partial charge in [-0.25, -0.2) is 9.67 Å². The molecule has 2 aromatic rings. The summed E-state index contributed by atoms with van der Waals surface area (Å²) in [5.41, 5.74) is 0.745. The summed E-state index contributed by atoms with van der Waals surface area (Å²) in [6.45, 7) is 6.03. The first-order chi connectivity index (χ1) is 12.1. The van der Waals surface area contributed by atoms with Gasteiger partial charge in [-0.15, -0.1) is 17.5 Å². The lowest BCUT2D eigenvalue weighted by Gasteiger charge is -2.29. The minimum atomic E-state index is -0.220. The fourth-order valence-electron chi connectivity index (χ4n) is 3.10. The SMILES string of the molecule is CCCc1nc(C(=O)NC2CCNCC2C)nn1-c1ccccc1Cl.Cl. The molecule has 2 atom stereocenters. The van der Waals surface area contributed by atoms with E-state index in [-0.39, 0.29) is 30.2 Å². The number of hydrogen-bond acceptors (Lipinski definition) is 4. The number of nitrogens with zero attached hydrogens (tertiary/aromatic N) is 3. The molecule has 0 saturated carbocycles. The van der Waals surface area contributed by atoms with Gasteiger partial charge in [0, 0.05) is 12.5 Å². The number of hydrogen-bond donors (Lipinski definition) is 2. The third-order valence-electron chi connectivity index (χ3n) is 4.53. The molecule has 2 heterocycles. The number of carbonyl (C=O) groups excluding carboxylic acids is 1. The van der Waals surface area contributed by atoms with E-state index in [1.807, 2.05) is 24.3 Å². The number of piperidine rings is 1. The number of carbonyl (C=O) groups is 1. The summed E-state index contributed by atoms with van der Waals surface area (Å²) in [5.74, 6) is 1.12. The second-order valence-corrected chi connectivity index (χ2v) is 6.92. The Labute approximate surface area is 165 Å². The van der Waals surface area contributed by atoms with Gasteiger partial charge in [-0.3, -0.25) is 4.79 Å². The molecule has 2 N–H and O–H groups in total. The number of benzene rings is 1. The average Bonchev–Trinajstić information content (AvgIpc) is 3.02. The van der Waals surface area contributed by atoms with E-state index < -0.39 is 0 Å². The highest BCUT2D eigenvalue weighted by atomic mass is 35.5. The van der Waals surface area contributed by atoms with Crippen LogP contribution in [-0.2, 0) is 6.42 Å². The summed E-state index contributed by atoms with van der Waals surface area (Å²) >= 11 is 6.30. The molecule has 2 unspecified atom stereocenters. The standard InChI is InChI=1S/C18H24ClN5O.ClH/c1-3-6-16-22-17(18(25)21-14-9-10-20-11-12(14)2)23-24(16)15-8-5-4-7-13(15)19;/h4-5,7-8,12,14,20H,3,6,9-11H2,1-2H3,(H,21,25);1H. The summed E-state index contributed by atoms with van der Waals surface area (Å²) in [6, 6.07) is 7.61. The van der Waals surface area contributed by atoms with Crippen molar-refractivity contribution in [3.8, 4) is 5.69 Å². The first kappa shape index (κ1) is 20.7. The molecule has 1 aromatic heterocycles. The molecule has 8 heteroatoms. The number of rotatable bonds is 5. The highest BCUT2D eigenvalue weighted by molar-refractivity contribution is 6.32. The molecule has 0 bridgehead atoms. The number of aryl methyl sites for hydroxylation is 1. The summed E-state index contributed by atoms with van der Waals surface area (Å²) in [7, 11) is 0. The van der Waals surface area contributed by atoms with Crippen molar-refractivity contribution in [3.63, 3.8) is 0 Å². The smallest absolute Gasteiger partial charge is 0.291 e. The van der Waals surface area contributed by atoms with E-state index >= 15 is 0 Å². The first-order valence-electron chi connectivity index (χ1n) is 8.82. The molecule has 1 aromatic carbocycles. The Morgan fingerprint density at radius 1 is 1.42 bits per heavy atom. The van der Waals surface area contributed by atoms with E-state index in [9.17, 15) is 4.79 Å². The number of para-hydroxylation sites is 1. The molecule has 3 rings (SSSR count). The maximum atomic E-state index is 12.6. The third-order valence-corrected chi connectivity index (χ3v) is 4.85. The van der Waals surface area contributed by atoms with Gasteiger partial charge in [-0.05, 0) is 44.0 Å². The molecule has 1 aliphatic rings. The van der Waals surface area contributed by atoms with E-state index in [0.29, 0.717) is 10.9 Å². The number of amides is 1. The van der Waals surface area contributed by atoms with Crippen molar-refractivity contribution < 1.29 is 4.79 Å². The Kier molecular flexibility index (Phi) is 7.43. The summed E-state index contributed by atoms with van der Waals surface area (Å²) < 4.78 is 1.69. The first-order valence-corrected chi connectivity index (χ1v) is 9.20. The predicted octanol–water partition coefficient (Wildman–Crippen LogP) is 3.02. The maximum absolute atomic E-state index is 12.6. The quantitative estimate of drug-likeness (QED) is 0.812. The van der Waals surface area contributed by atoms with Gasteiger partial charge in [0.15, 0.2) is 0 Å². The van der Waals surface area contributed by atoms with Gasteiger partial charge in [-0.2, -0.15) is 0 Å². The van der Waals surface area contributed by atoms with Crippen LogP contribution >= 0.6 is 24.0 Å². The summed E-state index contributed by atoms with van der Waals surface area (Å²) in [5, 5.41) is 11.4. The fraction of sp³-hybridized carbons (Fsp3) is 0.500. The van der Waals surface area contributed by atoms with E-state index in [1.165, 1.54) is 0 Å². The Hall–Kier alpha value is -1.63. The van der Waals surface area contributed by atoms with Crippen LogP contribution in [0, 0.1) is 5.92 Å². The van der Waals surface area contributed by atoms with Crippen molar-refractivity contribution >= 4 is 29.9 Å². The van der Waals surface area contributed by atoms with E-state index in [1.54, 1.807) is 4.68 Å². The zero-order valence-electron chi connectivity index (χ0n) is 15.0. The Morgan fingerprint density at radius 3 is 2.88 bits per heavy atom. The van der Waals surface area contributed by atoms with E-state index in [2.05, 4.69) is 34.6 Å². The van der Waals surface area contributed by atoms with Gasteiger partial charge >= 0.3 is 0 Å². The topological polar surface area (TPSA) is 71.8 Å². The second kappa shape index (κ2) is 9.35. The largest absolute Gasteiger partial charge is 0.346 e. The van der Waals surface area contributed by atoms with Crippen LogP contribution in [0.15, 0.2) is 24.3 Å². The van der Waals surface area contributed by atoms with Gasteiger partial charge in [0.05, 0.1) is 10.7 Å². The predicted molar refractivity (Wildman–Crippen MR) is 106 cm³/mol. The summed E-state index contributed by atoms with van der Waals surface area (Å²) in [6.07, 6.45) is 2.56. The molecule has 0 spiro atoms. The van der Waals surface area contributed by atoms with Gasteiger partial charge in [0.1, 0.15) is 5.82 Å². The molecular formula is C18H25Cl2N5O. The number of nitrogens with one attached hydrogen (secondary N) is 2. The van der Waals surface area contributed by atoms with Crippen molar-refractivity contribution in [3.05, 3.63) is 40.9 Å². The van der Waals surface area contributed by atoms with Crippen molar-refractivity contribution in [2.24, 2.45) is 5.92 Å². The van der Waals surface area contributed by atoms with Gasteiger partial charge in [0.2, 0.25) is 5.82 Å². The minimum absolute atomic E-state index is 0. The van der Waals surface area contributed by atoms with Crippen LogP contribution in [0.1, 0.15) is 43.1 Å². The number of aromatic nitrogens is 3. The molecule has 142 valence electrons. The zero-order valence-corrected chi connectivity index (χ0v) is 16.6. The zero-order chi connectivity index (χ0) is 17.8. The lowest BCUT2D eigenvalue weighted by atomic mass is 9.95. The Morgan fingerprint density at radius 2 is 2.19 bits per heavy atom. The van der Waals surface area contributed by atoms with E-state index in [4.69, 9.17) is 11.6 Å². The minimum Gasteiger partial charge on any atom is -0.346 e. The van der Waals surface area contributed by atoms with Gasteiger partial charge in [-0.1, -0.05) is 37.6 Å². The third kappa shape index (κ3) is 4.55. The highest BCUT2D eigenvalue weighted by Gasteiger charge is 2.25. The van der Waals surface area contributed by atoms with Gasteiger partial charge in [0.25, 0.3) is 5.91 Å². The molecule has 1 fully saturated rings. The van der Waals surface area contributed by atoms with E-state index in [0.717, 1.165) is 43.9 Å². The van der Waals surface area contributed by atoms with Crippen molar-refractivity contribution in [1.82, 2.24) is 25.4 Å². The van der Waals surface area contributed by atoms with Crippen molar-refractivity contribution in [1.29, 1.82) is 0 Å². The van der Waals surface area contributed by atoms with Crippen LogP contribution in [0.4, 0.5) is 0 Å². The molecule has 0 radical (unpaired) electrons.